The molecule has 4 N–H and O–H groups in total. The van der Waals surface area contributed by atoms with Gasteiger partial charge in [-0.25, -0.2) is 0 Å². The maximum atomic E-state index is 11.4. The highest BCUT2D eigenvalue weighted by Crippen LogP contribution is 2.20. The van der Waals surface area contributed by atoms with Crippen LogP contribution in [0.25, 0.3) is 0 Å². The molecular formula is C13H15N3O2. The van der Waals surface area contributed by atoms with Gasteiger partial charge in [-0.2, -0.15) is 0 Å². The lowest BCUT2D eigenvalue weighted by Crippen LogP contribution is -2.18. The first-order valence-corrected chi connectivity index (χ1v) is 5.57. The molecule has 1 amide bonds. The second kappa shape index (κ2) is 5.27. The van der Waals surface area contributed by atoms with Crippen molar-refractivity contribution >= 4 is 17.3 Å². The van der Waals surface area contributed by atoms with Crippen molar-refractivity contribution in [2.45, 2.75) is 6.54 Å². The van der Waals surface area contributed by atoms with E-state index in [-0.39, 0.29) is 5.91 Å². The van der Waals surface area contributed by atoms with Crippen molar-refractivity contribution in [1.82, 2.24) is 5.32 Å². The van der Waals surface area contributed by atoms with E-state index in [1.807, 2.05) is 6.07 Å². The fourth-order valence-electron chi connectivity index (χ4n) is 1.60. The van der Waals surface area contributed by atoms with Crippen molar-refractivity contribution in [2.75, 3.05) is 18.1 Å². The Bertz CT molecular complexity index is 535. The van der Waals surface area contributed by atoms with Crippen LogP contribution in [0.5, 0.6) is 0 Å². The smallest absolute Gasteiger partial charge is 0.251 e. The number of rotatable bonds is 4. The average molecular weight is 245 g/mol. The van der Waals surface area contributed by atoms with Gasteiger partial charge in [0.05, 0.1) is 23.9 Å². The predicted molar refractivity (Wildman–Crippen MR) is 70.3 cm³/mol. The van der Waals surface area contributed by atoms with Crippen LogP contribution in [-0.4, -0.2) is 13.0 Å². The van der Waals surface area contributed by atoms with E-state index in [1.54, 1.807) is 37.8 Å². The van der Waals surface area contributed by atoms with Gasteiger partial charge in [-0.05, 0) is 24.3 Å². The first kappa shape index (κ1) is 12.0. The van der Waals surface area contributed by atoms with Crippen molar-refractivity contribution in [1.29, 1.82) is 0 Å². The summed E-state index contributed by atoms with van der Waals surface area (Å²) in [6.07, 6.45) is 3.29. The molecule has 5 heteroatoms. The van der Waals surface area contributed by atoms with Gasteiger partial charge in [0, 0.05) is 24.7 Å². The van der Waals surface area contributed by atoms with E-state index in [4.69, 9.17) is 10.2 Å². The Morgan fingerprint density at radius 3 is 2.83 bits per heavy atom. The van der Waals surface area contributed by atoms with Crippen molar-refractivity contribution in [3.63, 3.8) is 0 Å². The van der Waals surface area contributed by atoms with Gasteiger partial charge in [0.2, 0.25) is 0 Å². The topological polar surface area (TPSA) is 80.3 Å². The van der Waals surface area contributed by atoms with Crippen LogP contribution >= 0.6 is 0 Å². The molecule has 0 radical (unpaired) electrons. The number of nitrogens with one attached hydrogen (secondary N) is 2. The van der Waals surface area contributed by atoms with Gasteiger partial charge in [0.1, 0.15) is 0 Å². The summed E-state index contributed by atoms with van der Waals surface area (Å²) < 4.78 is 4.97. The van der Waals surface area contributed by atoms with E-state index < -0.39 is 0 Å². The van der Waals surface area contributed by atoms with E-state index in [2.05, 4.69) is 10.6 Å². The van der Waals surface area contributed by atoms with Crippen LogP contribution in [-0.2, 0) is 6.54 Å². The van der Waals surface area contributed by atoms with Crippen LogP contribution in [0.3, 0.4) is 0 Å². The van der Waals surface area contributed by atoms with E-state index >= 15 is 0 Å². The lowest BCUT2D eigenvalue weighted by Gasteiger charge is -2.09. The lowest BCUT2D eigenvalue weighted by atomic mass is 10.1. The third kappa shape index (κ3) is 2.63. The molecule has 0 unspecified atom stereocenters. The molecule has 5 nitrogen and oxygen atoms in total. The molecule has 0 spiro atoms. The number of furan rings is 1. The molecule has 2 rings (SSSR count). The van der Waals surface area contributed by atoms with Gasteiger partial charge in [0.25, 0.3) is 5.91 Å². The summed E-state index contributed by atoms with van der Waals surface area (Å²) in [7, 11) is 1.59. The Morgan fingerprint density at radius 2 is 2.22 bits per heavy atom. The number of benzene rings is 1. The monoisotopic (exact) mass is 245 g/mol. The number of nitrogen functional groups attached to an aromatic ring is 1. The molecule has 0 aliphatic heterocycles. The standard InChI is InChI=1S/C13H15N3O2/c1-15-13(17)10-2-3-12(11(14)6-10)16-7-9-4-5-18-8-9/h2-6,8,16H,7,14H2,1H3,(H,15,17). The van der Waals surface area contributed by atoms with Crippen LogP contribution in [0.15, 0.2) is 41.2 Å². The first-order valence-electron chi connectivity index (χ1n) is 5.57. The zero-order chi connectivity index (χ0) is 13.0. The highest BCUT2D eigenvalue weighted by molar-refractivity contribution is 5.95. The van der Waals surface area contributed by atoms with Crippen LogP contribution in [0.4, 0.5) is 11.4 Å². The SMILES string of the molecule is CNC(=O)c1ccc(NCc2ccoc2)c(N)c1. The summed E-state index contributed by atoms with van der Waals surface area (Å²) in [5, 5.41) is 5.74. The molecule has 2 aromatic rings. The highest BCUT2D eigenvalue weighted by Gasteiger charge is 2.06. The van der Waals surface area contributed by atoms with Crippen molar-refractivity contribution < 1.29 is 9.21 Å². The molecular weight excluding hydrogens is 230 g/mol. The Balaban J connectivity index is 2.08. The van der Waals surface area contributed by atoms with E-state index in [0.29, 0.717) is 17.8 Å². The van der Waals surface area contributed by atoms with E-state index in [9.17, 15) is 4.79 Å². The molecule has 0 saturated heterocycles. The molecule has 0 aliphatic rings. The molecule has 1 aromatic heterocycles. The largest absolute Gasteiger partial charge is 0.472 e. The second-order valence-electron chi connectivity index (χ2n) is 3.87. The average Bonchev–Trinajstić information content (AvgIpc) is 2.89. The molecule has 0 aliphatic carbocycles. The van der Waals surface area contributed by atoms with Gasteiger partial charge in [0.15, 0.2) is 0 Å². The van der Waals surface area contributed by atoms with Crippen molar-refractivity contribution in [2.24, 2.45) is 0 Å². The summed E-state index contributed by atoms with van der Waals surface area (Å²) in [5.74, 6) is -0.150. The maximum absolute atomic E-state index is 11.4. The molecule has 94 valence electrons. The van der Waals surface area contributed by atoms with Crippen LogP contribution in [0.1, 0.15) is 15.9 Å². The van der Waals surface area contributed by atoms with Crippen molar-refractivity contribution in [3.05, 3.63) is 47.9 Å². The summed E-state index contributed by atoms with van der Waals surface area (Å²) in [6.45, 7) is 0.625. The molecule has 1 aromatic carbocycles. The van der Waals surface area contributed by atoms with E-state index in [0.717, 1.165) is 11.3 Å². The predicted octanol–water partition coefficient (Wildman–Crippen LogP) is 1.83. The minimum absolute atomic E-state index is 0.150. The summed E-state index contributed by atoms with van der Waals surface area (Å²) in [6, 6.07) is 7.05. The number of amides is 1. The molecule has 1 heterocycles. The third-order valence-corrected chi connectivity index (χ3v) is 2.60. The van der Waals surface area contributed by atoms with Gasteiger partial charge >= 0.3 is 0 Å². The van der Waals surface area contributed by atoms with Gasteiger partial charge in [-0.15, -0.1) is 0 Å². The summed E-state index contributed by atoms with van der Waals surface area (Å²) in [4.78, 5) is 11.4. The van der Waals surface area contributed by atoms with E-state index in [1.165, 1.54) is 0 Å². The van der Waals surface area contributed by atoms with Crippen LogP contribution in [0.2, 0.25) is 0 Å². The van der Waals surface area contributed by atoms with Gasteiger partial charge in [-0.3, -0.25) is 4.79 Å². The van der Waals surface area contributed by atoms with Gasteiger partial charge in [-0.1, -0.05) is 0 Å². The molecule has 0 bridgehead atoms. The minimum Gasteiger partial charge on any atom is -0.472 e. The number of nitrogens with two attached hydrogens (primary N) is 1. The Kier molecular flexibility index (Phi) is 3.52. The Morgan fingerprint density at radius 1 is 1.39 bits per heavy atom. The molecule has 0 saturated carbocycles. The Hall–Kier alpha value is -2.43. The minimum atomic E-state index is -0.150. The highest BCUT2D eigenvalue weighted by atomic mass is 16.3. The quantitative estimate of drug-likeness (QED) is 0.718. The number of hydrogen-bond acceptors (Lipinski definition) is 4. The van der Waals surface area contributed by atoms with Crippen LogP contribution < -0.4 is 16.4 Å². The van der Waals surface area contributed by atoms with Crippen molar-refractivity contribution in [3.8, 4) is 0 Å². The zero-order valence-corrected chi connectivity index (χ0v) is 10.1. The number of carbonyl (C=O) groups is 1. The zero-order valence-electron chi connectivity index (χ0n) is 10.1. The third-order valence-electron chi connectivity index (χ3n) is 2.60. The fraction of sp³-hybridized carbons (Fsp3) is 0.154. The summed E-state index contributed by atoms with van der Waals surface area (Å²) >= 11 is 0. The Labute approximate surface area is 105 Å². The number of anilines is 2. The first-order chi connectivity index (χ1) is 8.70. The molecule has 18 heavy (non-hydrogen) atoms. The number of carbonyl (C=O) groups excluding carboxylic acids is 1. The second-order valence-corrected chi connectivity index (χ2v) is 3.87. The lowest BCUT2D eigenvalue weighted by molar-refractivity contribution is 0.0963. The molecule has 0 fully saturated rings. The maximum Gasteiger partial charge on any atom is 0.251 e. The summed E-state index contributed by atoms with van der Waals surface area (Å²) in [5.41, 5.74) is 8.80. The normalized spacial score (nSPS) is 10.1. The van der Waals surface area contributed by atoms with Gasteiger partial charge < -0.3 is 20.8 Å². The molecule has 0 atom stereocenters. The fourth-order valence-corrected chi connectivity index (χ4v) is 1.60. The number of hydrogen-bond donors (Lipinski definition) is 3. The van der Waals surface area contributed by atoms with Crippen LogP contribution in [0, 0.1) is 0 Å².